The molecule has 4 heteroatoms. The van der Waals surface area contributed by atoms with E-state index in [1.54, 1.807) is 0 Å². The lowest BCUT2D eigenvalue weighted by Crippen LogP contribution is -2.41. The molecule has 112 valence electrons. The summed E-state index contributed by atoms with van der Waals surface area (Å²) in [5.74, 6) is -1.92. The highest BCUT2D eigenvalue weighted by Gasteiger charge is 2.38. The highest BCUT2D eigenvalue weighted by atomic mass is 16.7. The summed E-state index contributed by atoms with van der Waals surface area (Å²) < 4.78 is 10.1. The molecule has 1 aromatic rings. The van der Waals surface area contributed by atoms with Crippen LogP contribution in [0.2, 0.25) is 0 Å². The van der Waals surface area contributed by atoms with Gasteiger partial charge in [-0.25, -0.2) is 9.59 Å². The Kier molecular flexibility index (Phi) is 4.16. The van der Waals surface area contributed by atoms with Gasteiger partial charge in [0.1, 0.15) is 5.57 Å². The van der Waals surface area contributed by atoms with Crippen molar-refractivity contribution >= 4 is 18.0 Å². The first-order valence-corrected chi connectivity index (χ1v) is 7.04. The van der Waals surface area contributed by atoms with E-state index < -0.39 is 17.7 Å². The fraction of sp³-hybridized carbons (Fsp3) is 0.412. The smallest absolute Gasteiger partial charge is 0.348 e. The molecule has 0 aromatic heterocycles. The summed E-state index contributed by atoms with van der Waals surface area (Å²) in [5.41, 5.74) is 1.92. The molecule has 0 radical (unpaired) electrons. The van der Waals surface area contributed by atoms with Crippen molar-refractivity contribution in [3.05, 3.63) is 41.0 Å². The third kappa shape index (κ3) is 3.94. The van der Waals surface area contributed by atoms with E-state index in [9.17, 15) is 9.59 Å². The standard InChI is InChI=1S/C17H20O4/c1-11(2)9-12-5-7-13(8-6-12)10-14-15(18)20-17(3,4)21-16(14)19/h5-8,10-11H,9H2,1-4H3. The Morgan fingerprint density at radius 1 is 1.05 bits per heavy atom. The van der Waals surface area contributed by atoms with Crippen molar-refractivity contribution in [2.45, 2.75) is 39.9 Å². The second-order valence-corrected chi connectivity index (χ2v) is 6.08. The van der Waals surface area contributed by atoms with Crippen molar-refractivity contribution in [3.63, 3.8) is 0 Å². The maximum absolute atomic E-state index is 11.8. The van der Waals surface area contributed by atoms with Gasteiger partial charge in [-0.15, -0.1) is 0 Å². The Bertz CT molecular complexity index is 557. The molecule has 1 saturated heterocycles. The van der Waals surface area contributed by atoms with E-state index in [1.165, 1.54) is 25.5 Å². The number of benzene rings is 1. The van der Waals surface area contributed by atoms with E-state index in [-0.39, 0.29) is 5.57 Å². The Labute approximate surface area is 124 Å². The summed E-state index contributed by atoms with van der Waals surface area (Å²) >= 11 is 0. The van der Waals surface area contributed by atoms with Gasteiger partial charge in [0.25, 0.3) is 5.79 Å². The Morgan fingerprint density at radius 2 is 1.57 bits per heavy atom. The molecule has 21 heavy (non-hydrogen) atoms. The highest BCUT2D eigenvalue weighted by molar-refractivity contribution is 6.18. The van der Waals surface area contributed by atoms with Gasteiger partial charge in [-0.05, 0) is 29.5 Å². The van der Waals surface area contributed by atoms with Crippen molar-refractivity contribution in [1.82, 2.24) is 0 Å². The minimum Gasteiger partial charge on any atom is -0.419 e. The third-order valence-electron chi connectivity index (χ3n) is 3.05. The van der Waals surface area contributed by atoms with Gasteiger partial charge in [-0.3, -0.25) is 0 Å². The molecule has 2 rings (SSSR count). The lowest BCUT2D eigenvalue weighted by molar-refractivity contribution is -0.222. The van der Waals surface area contributed by atoms with E-state index in [0.29, 0.717) is 5.92 Å². The van der Waals surface area contributed by atoms with Crippen LogP contribution in [0.15, 0.2) is 29.8 Å². The topological polar surface area (TPSA) is 52.6 Å². The predicted molar refractivity (Wildman–Crippen MR) is 79.2 cm³/mol. The number of esters is 2. The fourth-order valence-corrected chi connectivity index (χ4v) is 2.17. The van der Waals surface area contributed by atoms with Crippen LogP contribution < -0.4 is 0 Å². The van der Waals surface area contributed by atoms with Gasteiger partial charge in [0.15, 0.2) is 0 Å². The molecule has 0 spiro atoms. The number of rotatable bonds is 3. The molecule has 0 amide bonds. The van der Waals surface area contributed by atoms with Gasteiger partial charge in [0.05, 0.1) is 0 Å². The van der Waals surface area contributed by atoms with E-state index in [1.807, 2.05) is 24.3 Å². The first-order chi connectivity index (χ1) is 9.77. The maximum Gasteiger partial charge on any atom is 0.348 e. The number of hydrogen-bond donors (Lipinski definition) is 0. The molecule has 4 nitrogen and oxygen atoms in total. The average Bonchev–Trinajstić information content (AvgIpc) is 2.34. The molecular formula is C17H20O4. The van der Waals surface area contributed by atoms with Gasteiger partial charge < -0.3 is 9.47 Å². The molecule has 0 bridgehead atoms. The van der Waals surface area contributed by atoms with Crippen molar-refractivity contribution < 1.29 is 19.1 Å². The van der Waals surface area contributed by atoms with Crippen molar-refractivity contribution in [3.8, 4) is 0 Å². The number of carbonyl (C=O) groups is 2. The fourth-order valence-electron chi connectivity index (χ4n) is 2.17. The monoisotopic (exact) mass is 288 g/mol. The second-order valence-electron chi connectivity index (χ2n) is 6.08. The van der Waals surface area contributed by atoms with Gasteiger partial charge in [-0.2, -0.15) is 0 Å². The number of cyclic esters (lactones) is 2. The zero-order chi connectivity index (χ0) is 15.6. The van der Waals surface area contributed by atoms with Gasteiger partial charge >= 0.3 is 11.9 Å². The molecule has 1 heterocycles. The summed E-state index contributed by atoms with van der Waals surface area (Å²) in [4.78, 5) is 23.7. The largest absolute Gasteiger partial charge is 0.419 e. The van der Waals surface area contributed by atoms with Crippen molar-refractivity contribution in [2.75, 3.05) is 0 Å². The zero-order valence-electron chi connectivity index (χ0n) is 12.8. The third-order valence-corrected chi connectivity index (χ3v) is 3.05. The van der Waals surface area contributed by atoms with Crippen LogP contribution in [0.4, 0.5) is 0 Å². The average molecular weight is 288 g/mol. The zero-order valence-corrected chi connectivity index (χ0v) is 12.8. The quantitative estimate of drug-likeness (QED) is 0.487. The van der Waals surface area contributed by atoms with E-state index in [4.69, 9.17) is 9.47 Å². The molecule has 1 aliphatic heterocycles. The van der Waals surface area contributed by atoms with E-state index in [2.05, 4.69) is 13.8 Å². The molecule has 0 N–H and O–H groups in total. The lowest BCUT2D eigenvalue weighted by atomic mass is 10.0. The van der Waals surface area contributed by atoms with Crippen LogP contribution in [-0.2, 0) is 25.5 Å². The predicted octanol–water partition coefficient (Wildman–Crippen LogP) is 3.10. The summed E-state index contributed by atoms with van der Waals surface area (Å²) in [6.07, 6.45) is 2.49. The van der Waals surface area contributed by atoms with Crippen LogP contribution >= 0.6 is 0 Å². The number of ether oxygens (including phenoxy) is 2. The van der Waals surface area contributed by atoms with Gasteiger partial charge in [0.2, 0.25) is 0 Å². The molecule has 1 aliphatic rings. The molecule has 0 unspecified atom stereocenters. The lowest BCUT2D eigenvalue weighted by Gasteiger charge is -2.29. The van der Waals surface area contributed by atoms with Crippen molar-refractivity contribution in [2.24, 2.45) is 5.92 Å². The number of hydrogen-bond acceptors (Lipinski definition) is 4. The summed E-state index contributed by atoms with van der Waals surface area (Å²) in [5, 5.41) is 0. The summed E-state index contributed by atoms with van der Waals surface area (Å²) in [7, 11) is 0. The summed E-state index contributed by atoms with van der Waals surface area (Å²) in [6, 6.07) is 7.75. The molecule has 1 fully saturated rings. The van der Waals surface area contributed by atoms with Crippen molar-refractivity contribution in [1.29, 1.82) is 0 Å². The molecule has 1 aromatic carbocycles. The van der Waals surface area contributed by atoms with Crippen LogP contribution in [0.1, 0.15) is 38.8 Å². The second kappa shape index (κ2) is 5.72. The first kappa shape index (κ1) is 15.3. The SMILES string of the molecule is CC(C)Cc1ccc(C=C2C(=O)OC(C)(C)OC2=O)cc1. The van der Waals surface area contributed by atoms with Crippen LogP contribution in [0.3, 0.4) is 0 Å². The normalized spacial score (nSPS) is 17.5. The Morgan fingerprint density at radius 3 is 2.05 bits per heavy atom. The first-order valence-electron chi connectivity index (χ1n) is 7.04. The highest BCUT2D eigenvalue weighted by Crippen LogP contribution is 2.24. The Balaban J connectivity index is 2.19. The molecule has 0 aliphatic carbocycles. The van der Waals surface area contributed by atoms with Gasteiger partial charge in [-0.1, -0.05) is 38.1 Å². The number of carbonyl (C=O) groups excluding carboxylic acids is 2. The van der Waals surface area contributed by atoms with Gasteiger partial charge in [0, 0.05) is 13.8 Å². The van der Waals surface area contributed by atoms with E-state index in [0.717, 1.165) is 12.0 Å². The molecule has 0 saturated carbocycles. The minimum absolute atomic E-state index is 0.0778. The Hall–Kier alpha value is -2.10. The summed E-state index contributed by atoms with van der Waals surface area (Å²) in [6.45, 7) is 7.37. The maximum atomic E-state index is 11.8. The van der Waals surface area contributed by atoms with Crippen LogP contribution in [0.5, 0.6) is 0 Å². The molecule has 0 atom stereocenters. The molecular weight excluding hydrogens is 268 g/mol. The van der Waals surface area contributed by atoms with Crippen LogP contribution in [-0.4, -0.2) is 17.7 Å². The van der Waals surface area contributed by atoms with E-state index >= 15 is 0 Å². The minimum atomic E-state index is -1.20. The van der Waals surface area contributed by atoms with Crippen LogP contribution in [0, 0.1) is 5.92 Å². The van der Waals surface area contributed by atoms with Crippen LogP contribution in [0.25, 0.3) is 6.08 Å².